The number of aryl methyl sites for hydroxylation is 1. The van der Waals surface area contributed by atoms with Gasteiger partial charge in [0.1, 0.15) is 0 Å². The second-order valence-corrected chi connectivity index (χ2v) is 6.70. The van der Waals surface area contributed by atoms with Crippen molar-refractivity contribution in [2.24, 2.45) is 12.5 Å². The van der Waals surface area contributed by atoms with Gasteiger partial charge in [-0.15, -0.1) is 0 Å². The number of rotatable bonds is 5. The molecule has 1 aliphatic rings. The molecule has 3 heterocycles. The van der Waals surface area contributed by atoms with Crippen LogP contribution in [0.3, 0.4) is 0 Å². The summed E-state index contributed by atoms with van der Waals surface area (Å²) >= 11 is 0. The minimum absolute atomic E-state index is 0.138. The lowest BCUT2D eigenvalue weighted by Gasteiger charge is -2.40. The van der Waals surface area contributed by atoms with Crippen molar-refractivity contribution in [2.75, 3.05) is 19.7 Å². The number of hydrogen-bond donors (Lipinski definition) is 1. The maximum atomic E-state index is 9.68. The predicted octanol–water partition coefficient (Wildman–Crippen LogP) is 2.47. The molecule has 0 saturated carbocycles. The smallest absolute Gasteiger partial charge is 0.0969 e. The van der Waals surface area contributed by atoms with Gasteiger partial charge in [-0.1, -0.05) is 6.92 Å². The van der Waals surface area contributed by atoms with E-state index >= 15 is 0 Å². The van der Waals surface area contributed by atoms with Crippen LogP contribution in [0, 0.1) is 5.41 Å². The maximum Gasteiger partial charge on any atom is 0.0969 e. The van der Waals surface area contributed by atoms with Gasteiger partial charge in [-0.2, -0.15) is 5.10 Å². The van der Waals surface area contributed by atoms with Crippen molar-refractivity contribution in [2.45, 2.75) is 32.7 Å². The standard InChI is InChI=1S/C18H26N4O/c1-3-18(14-23)6-10-22(11-7-18)13-16-12-21(2)20-17(16)15-4-8-19-9-5-15/h4-5,8-9,12,23H,3,6-7,10-11,13-14H2,1-2H3. The molecule has 0 amide bonds. The molecule has 5 nitrogen and oxygen atoms in total. The zero-order chi connectivity index (χ0) is 16.3. The Morgan fingerprint density at radius 1 is 1.22 bits per heavy atom. The molecule has 0 atom stereocenters. The van der Waals surface area contributed by atoms with E-state index in [1.807, 2.05) is 36.3 Å². The average molecular weight is 314 g/mol. The lowest BCUT2D eigenvalue weighted by Crippen LogP contribution is -2.41. The molecule has 5 heteroatoms. The molecule has 0 radical (unpaired) electrons. The third kappa shape index (κ3) is 3.46. The van der Waals surface area contributed by atoms with E-state index in [2.05, 4.69) is 28.1 Å². The van der Waals surface area contributed by atoms with Crippen LogP contribution >= 0.6 is 0 Å². The molecule has 1 N–H and O–H groups in total. The number of pyridine rings is 1. The van der Waals surface area contributed by atoms with Gasteiger partial charge in [0.2, 0.25) is 0 Å². The molecule has 2 aromatic heterocycles. The fourth-order valence-corrected chi connectivity index (χ4v) is 3.46. The fraction of sp³-hybridized carbons (Fsp3) is 0.556. The molecule has 0 unspecified atom stereocenters. The predicted molar refractivity (Wildman–Crippen MR) is 90.8 cm³/mol. The van der Waals surface area contributed by atoms with Crippen LogP contribution in [0.2, 0.25) is 0 Å². The van der Waals surface area contributed by atoms with E-state index in [1.165, 1.54) is 5.56 Å². The Balaban J connectivity index is 1.73. The van der Waals surface area contributed by atoms with Crippen molar-refractivity contribution in [1.82, 2.24) is 19.7 Å². The van der Waals surface area contributed by atoms with Crippen molar-refractivity contribution in [3.05, 3.63) is 36.3 Å². The lowest BCUT2D eigenvalue weighted by molar-refractivity contribution is 0.0383. The van der Waals surface area contributed by atoms with E-state index in [4.69, 9.17) is 0 Å². The van der Waals surface area contributed by atoms with Crippen LogP contribution in [0.15, 0.2) is 30.7 Å². The topological polar surface area (TPSA) is 54.2 Å². The highest BCUT2D eigenvalue weighted by Gasteiger charge is 2.32. The molecule has 1 aliphatic heterocycles. The largest absolute Gasteiger partial charge is 0.396 e. The fourth-order valence-electron chi connectivity index (χ4n) is 3.46. The van der Waals surface area contributed by atoms with Crippen molar-refractivity contribution in [3.63, 3.8) is 0 Å². The lowest BCUT2D eigenvalue weighted by atomic mass is 9.77. The Kier molecular flexibility index (Phi) is 4.78. The summed E-state index contributed by atoms with van der Waals surface area (Å²) in [6, 6.07) is 4.02. The minimum atomic E-state index is 0.138. The summed E-state index contributed by atoms with van der Waals surface area (Å²) in [6.45, 7) is 5.50. The van der Waals surface area contributed by atoms with E-state index < -0.39 is 0 Å². The molecular formula is C18H26N4O. The summed E-state index contributed by atoms with van der Waals surface area (Å²) in [5.74, 6) is 0. The summed E-state index contributed by atoms with van der Waals surface area (Å²) in [4.78, 5) is 6.57. The van der Waals surface area contributed by atoms with E-state index in [-0.39, 0.29) is 5.41 Å². The third-order valence-corrected chi connectivity index (χ3v) is 5.25. The number of aliphatic hydroxyl groups excluding tert-OH is 1. The van der Waals surface area contributed by atoms with E-state index in [0.717, 1.165) is 50.2 Å². The summed E-state index contributed by atoms with van der Waals surface area (Å²) in [6.07, 6.45) is 8.95. The Bertz CT molecular complexity index is 624. The Hall–Kier alpha value is -1.72. The molecule has 2 aromatic rings. The zero-order valence-corrected chi connectivity index (χ0v) is 14.1. The molecule has 1 fully saturated rings. The number of hydrogen-bond acceptors (Lipinski definition) is 4. The molecule has 1 saturated heterocycles. The molecule has 0 spiro atoms. The van der Waals surface area contributed by atoms with Gasteiger partial charge in [0.15, 0.2) is 0 Å². The van der Waals surface area contributed by atoms with Gasteiger partial charge in [-0.05, 0) is 49.9 Å². The first-order chi connectivity index (χ1) is 11.2. The second kappa shape index (κ2) is 6.81. The molecule has 0 aromatic carbocycles. The van der Waals surface area contributed by atoms with Crippen LogP contribution < -0.4 is 0 Å². The average Bonchev–Trinajstić information content (AvgIpc) is 2.97. The molecule has 124 valence electrons. The summed E-state index contributed by atoms with van der Waals surface area (Å²) in [5.41, 5.74) is 3.56. The van der Waals surface area contributed by atoms with Crippen LogP contribution in [0.4, 0.5) is 0 Å². The molecule has 3 rings (SSSR count). The first-order valence-electron chi connectivity index (χ1n) is 8.42. The van der Waals surface area contributed by atoms with Crippen LogP contribution in [0.25, 0.3) is 11.3 Å². The van der Waals surface area contributed by atoms with E-state index in [9.17, 15) is 5.11 Å². The Morgan fingerprint density at radius 2 is 1.91 bits per heavy atom. The van der Waals surface area contributed by atoms with Crippen molar-refractivity contribution >= 4 is 0 Å². The van der Waals surface area contributed by atoms with Crippen molar-refractivity contribution in [3.8, 4) is 11.3 Å². The number of aliphatic hydroxyl groups is 1. The van der Waals surface area contributed by atoms with Crippen LogP contribution in [-0.2, 0) is 13.6 Å². The highest BCUT2D eigenvalue weighted by atomic mass is 16.3. The van der Waals surface area contributed by atoms with Crippen molar-refractivity contribution < 1.29 is 5.11 Å². The normalized spacial score (nSPS) is 18.2. The van der Waals surface area contributed by atoms with Crippen LogP contribution in [-0.4, -0.2) is 44.5 Å². The highest BCUT2D eigenvalue weighted by Crippen LogP contribution is 2.35. The van der Waals surface area contributed by atoms with Gasteiger partial charge < -0.3 is 5.11 Å². The summed E-state index contributed by atoms with van der Waals surface area (Å²) in [7, 11) is 1.97. The first kappa shape index (κ1) is 16.1. The van der Waals surface area contributed by atoms with Gasteiger partial charge in [0.25, 0.3) is 0 Å². The SMILES string of the molecule is CCC1(CO)CCN(Cc2cn(C)nc2-c2ccncc2)CC1. The Labute approximate surface area is 138 Å². The zero-order valence-electron chi connectivity index (χ0n) is 14.1. The van der Waals surface area contributed by atoms with Gasteiger partial charge in [0, 0.05) is 49.9 Å². The number of aromatic nitrogens is 3. The third-order valence-electron chi connectivity index (χ3n) is 5.25. The molecular weight excluding hydrogens is 288 g/mol. The van der Waals surface area contributed by atoms with Crippen LogP contribution in [0.1, 0.15) is 31.7 Å². The number of nitrogens with zero attached hydrogens (tertiary/aromatic N) is 4. The number of piperidine rings is 1. The van der Waals surface area contributed by atoms with Gasteiger partial charge in [-0.25, -0.2) is 0 Å². The highest BCUT2D eigenvalue weighted by molar-refractivity contribution is 5.61. The van der Waals surface area contributed by atoms with Gasteiger partial charge >= 0.3 is 0 Å². The maximum absolute atomic E-state index is 9.68. The van der Waals surface area contributed by atoms with E-state index in [1.54, 1.807) is 0 Å². The molecule has 0 aliphatic carbocycles. The van der Waals surface area contributed by atoms with E-state index in [0.29, 0.717) is 6.61 Å². The second-order valence-electron chi connectivity index (χ2n) is 6.70. The summed E-state index contributed by atoms with van der Waals surface area (Å²) in [5, 5.41) is 14.3. The monoisotopic (exact) mass is 314 g/mol. The first-order valence-corrected chi connectivity index (χ1v) is 8.42. The van der Waals surface area contributed by atoms with Gasteiger partial charge in [-0.3, -0.25) is 14.6 Å². The molecule has 0 bridgehead atoms. The quantitative estimate of drug-likeness (QED) is 0.921. The minimum Gasteiger partial charge on any atom is -0.396 e. The van der Waals surface area contributed by atoms with Gasteiger partial charge in [0.05, 0.1) is 5.69 Å². The van der Waals surface area contributed by atoms with Crippen molar-refractivity contribution in [1.29, 1.82) is 0 Å². The molecule has 23 heavy (non-hydrogen) atoms. The summed E-state index contributed by atoms with van der Waals surface area (Å²) < 4.78 is 1.89. The van der Waals surface area contributed by atoms with Crippen LogP contribution in [0.5, 0.6) is 0 Å². The number of likely N-dealkylation sites (tertiary alicyclic amines) is 1. The Morgan fingerprint density at radius 3 is 2.52 bits per heavy atom.